The van der Waals surface area contributed by atoms with Crippen LogP contribution in [0.4, 0.5) is 0 Å². The Labute approximate surface area is 106 Å². The van der Waals surface area contributed by atoms with Crippen molar-refractivity contribution in [2.45, 2.75) is 58.4 Å². The topological polar surface area (TPSA) is 29.5 Å². The van der Waals surface area contributed by atoms with Crippen molar-refractivity contribution < 1.29 is 9.53 Å². The number of carbonyl (C=O) groups is 1. The van der Waals surface area contributed by atoms with Crippen molar-refractivity contribution in [1.82, 2.24) is 4.90 Å². The standard InChI is InChI=1S/C14H27NO2/c1-4-12(5-2)10-15(11-14(16)17-3)13-8-6-7-9-13/h12-13H,4-11H2,1-3H3. The van der Waals surface area contributed by atoms with E-state index in [4.69, 9.17) is 4.74 Å². The Morgan fingerprint density at radius 3 is 2.35 bits per heavy atom. The second kappa shape index (κ2) is 7.70. The molecule has 1 aliphatic carbocycles. The van der Waals surface area contributed by atoms with Crippen LogP contribution >= 0.6 is 0 Å². The van der Waals surface area contributed by atoms with Gasteiger partial charge in [0.1, 0.15) is 0 Å². The van der Waals surface area contributed by atoms with Gasteiger partial charge in [-0.15, -0.1) is 0 Å². The largest absolute Gasteiger partial charge is 0.468 e. The number of carbonyl (C=O) groups excluding carboxylic acids is 1. The number of methoxy groups -OCH3 is 1. The molecule has 3 nitrogen and oxygen atoms in total. The molecule has 17 heavy (non-hydrogen) atoms. The van der Waals surface area contributed by atoms with Gasteiger partial charge in [-0.1, -0.05) is 39.5 Å². The van der Waals surface area contributed by atoms with Gasteiger partial charge < -0.3 is 4.74 Å². The molecule has 3 heteroatoms. The van der Waals surface area contributed by atoms with Gasteiger partial charge >= 0.3 is 5.97 Å². The van der Waals surface area contributed by atoms with E-state index in [2.05, 4.69) is 18.7 Å². The molecule has 0 radical (unpaired) electrons. The molecule has 0 aromatic heterocycles. The van der Waals surface area contributed by atoms with Gasteiger partial charge in [-0.05, 0) is 18.8 Å². The summed E-state index contributed by atoms with van der Waals surface area (Å²) in [7, 11) is 1.48. The predicted octanol–water partition coefficient (Wildman–Crippen LogP) is 2.84. The predicted molar refractivity (Wildman–Crippen MR) is 69.9 cm³/mol. The highest BCUT2D eigenvalue weighted by Gasteiger charge is 2.25. The Hall–Kier alpha value is -0.570. The summed E-state index contributed by atoms with van der Waals surface area (Å²) in [5, 5.41) is 0. The van der Waals surface area contributed by atoms with E-state index in [-0.39, 0.29) is 5.97 Å². The van der Waals surface area contributed by atoms with Gasteiger partial charge in [-0.25, -0.2) is 0 Å². The number of hydrogen-bond donors (Lipinski definition) is 0. The third-order valence-electron chi connectivity index (χ3n) is 4.05. The first-order chi connectivity index (χ1) is 8.21. The van der Waals surface area contributed by atoms with Crippen LogP contribution in [-0.2, 0) is 9.53 Å². The second-order valence-corrected chi connectivity index (χ2v) is 5.13. The average Bonchev–Trinajstić information content (AvgIpc) is 2.87. The molecule has 1 rings (SSSR count). The van der Waals surface area contributed by atoms with E-state index in [1.165, 1.54) is 45.6 Å². The maximum atomic E-state index is 11.5. The minimum atomic E-state index is -0.0946. The summed E-state index contributed by atoms with van der Waals surface area (Å²) in [4.78, 5) is 13.8. The normalized spacial score (nSPS) is 17.0. The van der Waals surface area contributed by atoms with Crippen LogP contribution in [0.5, 0.6) is 0 Å². The lowest BCUT2D eigenvalue weighted by molar-refractivity contribution is -0.142. The summed E-state index contributed by atoms with van der Waals surface area (Å²) in [6.45, 7) is 5.99. The van der Waals surface area contributed by atoms with E-state index in [0.717, 1.165) is 6.54 Å². The molecule has 0 unspecified atom stereocenters. The van der Waals surface area contributed by atoms with Gasteiger partial charge in [0.2, 0.25) is 0 Å². The molecule has 1 fully saturated rings. The first-order valence-electron chi connectivity index (χ1n) is 7.02. The van der Waals surface area contributed by atoms with E-state index in [1.807, 2.05) is 0 Å². The maximum Gasteiger partial charge on any atom is 0.319 e. The van der Waals surface area contributed by atoms with E-state index in [9.17, 15) is 4.79 Å². The molecule has 0 spiro atoms. The van der Waals surface area contributed by atoms with Crippen LogP contribution in [-0.4, -0.2) is 37.1 Å². The third kappa shape index (κ3) is 4.66. The molecule has 0 N–H and O–H groups in total. The number of hydrogen-bond acceptors (Lipinski definition) is 3. The van der Waals surface area contributed by atoms with Crippen LogP contribution in [0.2, 0.25) is 0 Å². The zero-order chi connectivity index (χ0) is 12.7. The lowest BCUT2D eigenvalue weighted by atomic mass is 10.0. The Bertz CT molecular complexity index is 220. The lowest BCUT2D eigenvalue weighted by Crippen LogP contribution is -2.41. The Kier molecular flexibility index (Phi) is 6.56. The molecule has 0 bridgehead atoms. The highest BCUT2D eigenvalue weighted by atomic mass is 16.5. The smallest absolute Gasteiger partial charge is 0.319 e. The Morgan fingerprint density at radius 2 is 1.88 bits per heavy atom. The van der Waals surface area contributed by atoms with Crippen molar-refractivity contribution in [3.05, 3.63) is 0 Å². The molecule has 100 valence electrons. The molecular weight excluding hydrogens is 214 g/mol. The van der Waals surface area contributed by atoms with Crippen LogP contribution in [0.25, 0.3) is 0 Å². The van der Waals surface area contributed by atoms with Gasteiger partial charge in [0, 0.05) is 12.6 Å². The summed E-state index contributed by atoms with van der Waals surface area (Å²) >= 11 is 0. The molecule has 0 saturated heterocycles. The first-order valence-corrected chi connectivity index (χ1v) is 7.02. The van der Waals surface area contributed by atoms with Crippen LogP contribution in [0.15, 0.2) is 0 Å². The van der Waals surface area contributed by atoms with Gasteiger partial charge in [-0.3, -0.25) is 9.69 Å². The van der Waals surface area contributed by atoms with Crippen LogP contribution < -0.4 is 0 Å². The summed E-state index contributed by atoms with van der Waals surface area (Å²) in [6.07, 6.45) is 7.51. The summed E-state index contributed by atoms with van der Waals surface area (Å²) in [5.74, 6) is 0.614. The van der Waals surface area contributed by atoms with Gasteiger partial charge in [0.15, 0.2) is 0 Å². The minimum Gasteiger partial charge on any atom is -0.468 e. The molecule has 0 atom stereocenters. The van der Waals surface area contributed by atoms with E-state index in [0.29, 0.717) is 18.5 Å². The SMILES string of the molecule is CCC(CC)CN(CC(=O)OC)C1CCCC1. The van der Waals surface area contributed by atoms with Crippen molar-refractivity contribution in [2.24, 2.45) is 5.92 Å². The molecular formula is C14H27NO2. The van der Waals surface area contributed by atoms with Crippen molar-refractivity contribution >= 4 is 5.97 Å². The average molecular weight is 241 g/mol. The highest BCUT2D eigenvalue weighted by Crippen LogP contribution is 2.25. The highest BCUT2D eigenvalue weighted by molar-refractivity contribution is 5.71. The van der Waals surface area contributed by atoms with Crippen molar-refractivity contribution in [2.75, 3.05) is 20.2 Å². The number of ether oxygens (including phenoxy) is 1. The second-order valence-electron chi connectivity index (χ2n) is 5.13. The summed E-state index contributed by atoms with van der Waals surface area (Å²) < 4.78 is 4.81. The maximum absolute atomic E-state index is 11.5. The zero-order valence-electron chi connectivity index (χ0n) is 11.6. The lowest BCUT2D eigenvalue weighted by Gasteiger charge is -2.30. The molecule has 0 heterocycles. The molecule has 1 saturated carbocycles. The molecule has 0 amide bonds. The molecule has 0 aromatic carbocycles. The van der Waals surface area contributed by atoms with E-state index < -0.39 is 0 Å². The van der Waals surface area contributed by atoms with Gasteiger partial charge in [-0.2, -0.15) is 0 Å². The van der Waals surface area contributed by atoms with Crippen LogP contribution in [0, 0.1) is 5.92 Å². The number of esters is 1. The van der Waals surface area contributed by atoms with Gasteiger partial charge in [0.25, 0.3) is 0 Å². The first kappa shape index (κ1) is 14.5. The fraction of sp³-hybridized carbons (Fsp3) is 0.929. The fourth-order valence-electron chi connectivity index (χ4n) is 2.72. The summed E-state index contributed by atoms with van der Waals surface area (Å²) in [6, 6.07) is 0.606. The monoisotopic (exact) mass is 241 g/mol. The minimum absolute atomic E-state index is 0.0946. The van der Waals surface area contributed by atoms with E-state index in [1.54, 1.807) is 0 Å². The van der Waals surface area contributed by atoms with Crippen LogP contribution in [0.1, 0.15) is 52.4 Å². The van der Waals surface area contributed by atoms with Crippen LogP contribution in [0.3, 0.4) is 0 Å². The molecule has 0 aliphatic heterocycles. The number of rotatable bonds is 7. The van der Waals surface area contributed by atoms with E-state index >= 15 is 0 Å². The Balaban J connectivity index is 2.53. The quantitative estimate of drug-likeness (QED) is 0.642. The molecule has 1 aliphatic rings. The van der Waals surface area contributed by atoms with Gasteiger partial charge in [0.05, 0.1) is 13.7 Å². The fourth-order valence-corrected chi connectivity index (χ4v) is 2.72. The van der Waals surface area contributed by atoms with Crippen molar-refractivity contribution in [3.8, 4) is 0 Å². The van der Waals surface area contributed by atoms with Crippen molar-refractivity contribution in [3.63, 3.8) is 0 Å². The third-order valence-corrected chi connectivity index (χ3v) is 4.05. The number of nitrogens with zero attached hydrogens (tertiary/aromatic N) is 1. The zero-order valence-corrected chi connectivity index (χ0v) is 11.6. The summed E-state index contributed by atoms with van der Waals surface area (Å²) in [5.41, 5.74) is 0. The van der Waals surface area contributed by atoms with Crippen molar-refractivity contribution in [1.29, 1.82) is 0 Å². The molecule has 0 aromatic rings. The Morgan fingerprint density at radius 1 is 1.29 bits per heavy atom.